The van der Waals surface area contributed by atoms with Gasteiger partial charge in [0.25, 0.3) is 0 Å². The molecule has 0 spiro atoms. The minimum absolute atomic E-state index is 0.174. The topological polar surface area (TPSA) is 20.2 Å². The molecule has 1 N–H and O–H groups in total. The fourth-order valence-electron chi connectivity index (χ4n) is 2.01. The molecule has 0 fully saturated rings. The van der Waals surface area contributed by atoms with Gasteiger partial charge in [0.1, 0.15) is 5.75 Å². The summed E-state index contributed by atoms with van der Waals surface area (Å²) >= 11 is 0. The van der Waals surface area contributed by atoms with Crippen molar-refractivity contribution in [3.8, 4) is 5.75 Å². The number of phenols is 1. The van der Waals surface area contributed by atoms with E-state index in [0.717, 1.165) is 5.56 Å². The molecular formula is C15H16O. The van der Waals surface area contributed by atoms with Crippen molar-refractivity contribution < 1.29 is 5.11 Å². The molecule has 0 bridgehead atoms. The summed E-state index contributed by atoms with van der Waals surface area (Å²) in [5.41, 5.74) is 1.99. The van der Waals surface area contributed by atoms with Gasteiger partial charge in [0.2, 0.25) is 0 Å². The molecule has 2 rings (SSSR count). The van der Waals surface area contributed by atoms with E-state index >= 15 is 0 Å². The van der Waals surface area contributed by atoms with Crippen LogP contribution >= 0.6 is 0 Å². The molecule has 0 saturated heterocycles. The SMILES string of the molecule is CC(C)(c1ccccc1)c1ccccc1O. The van der Waals surface area contributed by atoms with E-state index in [1.54, 1.807) is 6.07 Å². The maximum absolute atomic E-state index is 9.91. The number of para-hydroxylation sites is 1. The van der Waals surface area contributed by atoms with E-state index in [9.17, 15) is 5.11 Å². The fraction of sp³-hybridized carbons (Fsp3) is 0.200. The van der Waals surface area contributed by atoms with Crippen LogP contribution in [0.2, 0.25) is 0 Å². The highest BCUT2D eigenvalue weighted by molar-refractivity contribution is 5.44. The van der Waals surface area contributed by atoms with Crippen LogP contribution in [0.4, 0.5) is 0 Å². The number of hydrogen-bond acceptors (Lipinski definition) is 1. The first kappa shape index (κ1) is 10.7. The van der Waals surface area contributed by atoms with Crippen LogP contribution in [0.1, 0.15) is 25.0 Å². The standard InChI is InChI=1S/C15H16O/c1-15(2,12-8-4-3-5-9-12)13-10-6-7-11-14(13)16/h3-11,16H,1-2H3. The van der Waals surface area contributed by atoms with Crippen LogP contribution in [0.15, 0.2) is 54.6 Å². The summed E-state index contributed by atoms with van der Waals surface area (Å²) < 4.78 is 0. The van der Waals surface area contributed by atoms with Crippen molar-refractivity contribution in [2.45, 2.75) is 19.3 Å². The Labute approximate surface area is 96.4 Å². The summed E-state index contributed by atoms with van der Waals surface area (Å²) in [6, 6.07) is 17.7. The second kappa shape index (κ2) is 4.01. The molecule has 2 aromatic rings. The first-order chi connectivity index (χ1) is 7.62. The van der Waals surface area contributed by atoms with E-state index in [1.165, 1.54) is 5.56 Å². The Hall–Kier alpha value is -1.76. The molecule has 82 valence electrons. The zero-order chi connectivity index (χ0) is 11.6. The van der Waals surface area contributed by atoms with E-state index in [-0.39, 0.29) is 5.41 Å². The zero-order valence-electron chi connectivity index (χ0n) is 9.64. The Morgan fingerprint density at radius 1 is 0.812 bits per heavy atom. The van der Waals surface area contributed by atoms with Gasteiger partial charge in [0, 0.05) is 11.0 Å². The van der Waals surface area contributed by atoms with Crippen LogP contribution in [-0.4, -0.2) is 5.11 Å². The molecule has 1 heteroatoms. The summed E-state index contributed by atoms with van der Waals surface area (Å²) in [7, 11) is 0. The van der Waals surface area contributed by atoms with Gasteiger partial charge in [-0.2, -0.15) is 0 Å². The number of aromatic hydroxyl groups is 1. The van der Waals surface area contributed by atoms with Gasteiger partial charge in [-0.05, 0) is 11.6 Å². The van der Waals surface area contributed by atoms with Gasteiger partial charge < -0.3 is 5.11 Å². The maximum Gasteiger partial charge on any atom is 0.119 e. The second-order valence-corrected chi connectivity index (χ2v) is 4.51. The normalized spacial score (nSPS) is 11.4. The molecule has 0 saturated carbocycles. The van der Waals surface area contributed by atoms with E-state index in [1.807, 2.05) is 36.4 Å². The summed E-state index contributed by atoms with van der Waals surface area (Å²) in [6.07, 6.45) is 0. The van der Waals surface area contributed by atoms with Crippen LogP contribution in [0.25, 0.3) is 0 Å². The third kappa shape index (κ3) is 1.81. The molecule has 0 aromatic heterocycles. The third-order valence-corrected chi connectivity index (χ3v) is 3.07. The van der Waals surface area contributed by atoms with Crippen molar-refractivity contribution >= 4 is 0 Å². The first-order valence-corrected chi connectivity index (χ1v) is 5.46. The second-order valence-electron chi connectivity index (χ2n) is 4.51. The minimum Gasteiger partial charge on any atom is -0.508 e. The summed E-state index contributed by atoms with van der Waals surface area (Å²) in [5.74, 6) is 0.358. The molecule has 0 amide bonds. The summed E-state index contributed by atoms with van der Waals surface area (Å²) in [5, 5.41) is 9.91. The van der Waals surface area contributed by atoms with E-state index in [2.05, 4.69) is 26.0 Å². The predicted octanol–water partition coefficient (Wildman–Crippen LogP) is 3.72. The summed E-state index contributed by atoms with van der Waals surface area (Å²) in [6.45, 7) is 4.24. The first-order valence-electron chi connectivity index (χ1n) is 5.46. The average Bonchev–Trinajstić information content (AvgIpc) is 2.30. The van der Waals surface area contributed by atoms with Gasteiger partial charge in [0.15, 0.2) is 0 Å². The lowest BCUT2D eigenvalue weighted by Crippen LogP contribution is -2.18. The van der Waals surface area contributed by atoms with Crippen molar-refractivity contribution in [2.24, 2.45) is 0 Å². The molecule has 16 heavy (non-hydrogen) atoms. The van der Waals surface area contributed by atoms with Crippen molar-refractivity contribution in [1.82, 2.24) is 0 Å². The molecule has 0 unspecified atom stereocenters. The van der Waals surface area contributed by atoms with Crippen molar-refractivity contribution in [3.63, 3.8) is 0 Å². The molecule has 0 aliphatic heterocycles. The molecule has 0 heterocycles. The molecule has 0 atom stereocenters. The molecule has 0 aliphatic carbocycles. The van der Waals surface area contributed by atoms with Crippen LogP contribution in [0, 0.1) is 0 Å². The van der Waals surface area contributed by atoms with Gasteiger partial charge in [-0.1, -0.05) is 62.4 Å². The van der Waals surface area contributed by atoms with Crippen LogP contribution < -0.4 is 0 Å². The highest BCUT2D eigenvalue weighted by atomic mass is 16.3. The Kier molecular flexibility index (Phi) is 2.69. The van der Waals surface area contributed by atoms with Crippen molar-refractivity contribution in [1.29, 1.82) is 0 Å². The largest absolute Gasteiger partial charge is 0.508 e. The average molecular weight is 212 g/mol. The minimum atomic E-state index is -0.174. The highest BCUT2D eigenvalue weighted by Crippen LogP contribution is 2.36. The van der Waals surface area contributed by atoms with Gasteiger partial charge in [-0.15, -0.1) is 0 Å². The van der Waals surface area contributed by atoms with Gasteiger partial charge in [-0.25, -0.2) is 0 Å². The van der Waals surface area contributed by atoms with Crippen molar-refractivity contribution in [3.05, 3.63) is 65.7 Å². The lowest BCUT2D eigenvalue weighted by molar-refractivity contribution is 0.453. The van der Waals surface area contributed by atoms with E-state index in [4.69, 9.17) is 0 Å². The highest BCUT2D eigenvalue weighted by Gasteiger charge is 2.25. The van der Waals surface area contributed by atoms with Crippen LogP contribution in [0.5, 0.6) is 5.75 Å². The number of rotatable bonds is 2. The maximum atomic E-state index is 9.91. The number of benzene rings is 2. The lowest BCUT2D eigenvalue weighted by Gasteiger charge is -2.26. The fourth-order valence-corrected chi connectivity index (χ4v) is 2.01. The van der Waals surface area contributed by atoms with Crippen LogP contribution in [0.3, 0.4) is 0 Å². The molecule has 0 aliphatic rings. The molecule has 2 aromatic carbocycles. The molecule has 0 radical (unpaired) electrons. The van der Waals surface area contributed by atoms with Crippen molar-refractivity contribution in [2.75, 3.05) is 0 Å². The monoisotopic (exact) mass is 212 g/mol. The number of hydrogen-bond donors (Lipinski definition) is 1. The smallest absolute Gasteiger partial charge is 0.119 e. The molecular weight excluding hydrogens is 196 g/mol. The zero-order valence-corrected chi connectivity index (χ0v) is 9.64. The van der Waals surface area contributed by atoms with E-state index < -0.39 is 0 Å². The Morgan fingerprint density at radius 2 is 1.38 bits per heavy atom. The Balaban J connectivity index is 2.51. The van der Waals surface area contributed by atoms with Gasteiger partial charge in [0.05, 0.1) is 0 Å². The predicted molar refractivity (Wildman–Crippen MR) is 66.7 cm³/mol. The number of phenolic OH excluding ortho intramolecular Hbond substituents is 1. The quantitative estimate of drug-likeness (QED) is 0.804. The van der Waals surface area contributed by atoms with E-state index in [0.29, 0.717) is 5.75 Å². The van der Waals surface area contributed by atoms with Gasteiger partial charge >= 0.3 is 0 Å². The third-order valence-electron chi connectivity index (χ3n) is 3.07. The Morgan fingerprint density at radius 3 is 2.00 bits per heavy atom. The Bertz CT molecular complexity index is 472. The van der Waals surface area contributed by atoms with Gasteiger partial charge in [-0.3, -0.25) is 0 Å². The van der Waals surface area contributed by atoms with Crippen LogP contribution in [-0.2, 0) is 5.41 Å². The summed E-state index contributed by atoms with van der Waals surface area (Å²) in [4.78, 5) is 0. The molecule has 1 nitrogen and oxygen atoms in total. The lowest BCUT2D eigenvalue weighted by atomic mass is 9.78.